The topological polar surface area (TPSA) is 105 Å². The lowest BCUT2D eigenvalue weighted by Crippen LogP contribution is -2.38. The van der Waals surface area contributed by atoms with E-state index in [4.69, 9.17) is 9.84 Å². The molecule has 0 spiro atoms. The number of carbonyl (C=O) groups excluding carboxylic acids is 3. The monoisotopic (exact) mass is 496 g/mol. The van der Waals surface area contributed by atoms with Crippen LogP contribution in [-0.4, -0.2) is 42.6 Å². The summed E-state index contributed by atoms with van der Waals surface area (Å²) in [5.74, 6) is -2.37. The van der Waals surface area contributed by atoms with Gasteiger partial charge in [-0.15, -0.1) is 0 Å². The van der Waals surface area contributed by atoms with E-state index in [0.29, 0.717) is 25.7 Å². The van der Waals surface area contributed by atoms with Crippen LogP contribution in [0, 0.1) is 17.7 Å². The molecule has 1 aliphatic heterocycles. The summed E-state index contributed by atoms with van der Waals surface area (Å²) in [4.78, 5) is 38.4. The number of ether oxygens (including phenoxy) is 1. The van der Waals surface area contributed by atoms with E-state index in [1.165, 1.54) is 12.1 Å². The van der Waals surface area contributed by atoms with Gasteiger partial charge in [0.15, 0.2) is 0 Å². The second kappa shape index (κ2) is 14.1. The molecule has 3 N–H and O–H groups in total. The van der Waals surface area contributed by atoms with E-state index >= 15 is 0 Å². The molecule has 0 aromatic heterocycles. The number of carbonyl (C=O) groups is 3. The smallest absolute Gasteiger partial charge is 0.309 e. The first kappa shape index (κ1) is 27.1. The van der Waals surface area contributed by atoms with Crippen LogP contribution in [0.25, 0.3) is 0 Å². The molecule has 0 saturated carbocycles. The maximum atomic E-state index is 13.4. The third-order valence-corrected chi connectivity index (χ3v) is 6.13. The molecule has 2 aromatic carbocycles. The Hall–Kier alpha value is -3.52. The summed E-state index contributed by atoms with van der Waals surface area (Å²) in [6.45, 7) is 0.0204. The molecule has 0 unspecified atom stereocenters. The van der Waals surface area contributed by atoms with E-state index in [1.54, 1.807) is 12.1 Å². The van der Waals surface area contributed by atoms with Crippen LogP contribution in [-0.2, 0) is 25.5 Å². The van der Waals surface area contributed by atoms with Gasteiger partial charge in [0.25, 0.3) is 0 Å². The van der Waals surface area contributed by atoms with Crippen molar-refractivity contribution in [3.8, 4) is 0 Å². The Kier molecular flexibility index (Phi) is 10.6. The molecule has 192 valence electrons. The first-order valence-electron chi connectivity index (χ1n) is 12.3. The van der Waals surface area contributed by atoms with Crippen molar-refractivity contribution >= 4 is 17.8 Å². The molecule has 8 heteroatoms. The summed E-state index contributed by atoms with van der Waals surface area (Å²) in [5.41, 5.74) is 1.59. The summed E-state index contributed by atoms with van der Waals surface area (Å²) in [5, 5.41) is 14.4. The molecule has 2 aromatic rings. The molecule has 3 atom stereocenters. The molecule has 1 aliphatic rings. The molecule has 1 heterocycles. The van der Waals surface area contributed by atoms with Gasteiger partial charge in [0, 0.05) is 13.0 Å². The van der Waals surface area contributed by atoms with Gasteiger partial charge in [-0.25, -0.2) is 4.39 Å². The molecule has 2 amide bonds. The predicted molar refractivity (Wildman–Crippen MR) is 133 cm³/mol. The van der Waals surface area contributed by atoms with Gasteiger partial charge < -0.3 is 20.5 Å². The number of aliphatic hydroxyl groups is 1. The van der Waals surface area contributed by atoms with Crippen LogP contribution >= 0.6 is 0 Å². The molecule has 0 bridgehead atoms. The number of aliphatic hydroxyl groups excluding tert-OH is 1. The van der Waals surface area contributed by atoms with Crippen molar-refractivity contribution in [3.05, 3.63) is 83.7 Å². The van der Waals surface area contributed by atoms with Gasteiger partial charge in [0.05, 0.1) is 25.0 Å². The molecule has 3 rings (SSSR count). The predicted octanol–water partition coefficient (Wildman–Crippen LogP) is 3.24. The van der Waals surface area contributed by atoms with E-state index in [0.717, 1.165) is 11.1 Å². The zero-order chi connectivity index (χ0) is 25.8. The average Bonchev–Trinajstić information content (AvgIpc) is 2.90. The highest BCUT2D eigenvalue weighted by molar-refractivity contribution is 5.86. The van der Waals surface area contributed by atoms with Gasteiger partial charge >= 0.3 is 5.97 Å². The van der Waals surface area contributed by atoms with Gasteiger partial charge in [-0.1, -0.05) is 54.6 Å². The molecule has 0 aliphatic carbocycles. The number of amides is 2. The summed E-state index contributed by atoms with van der Waals surface area (Å²) in [6.07, 6.45) is 4.94. The van der Waals surface area contributed by atoms with Crippen molar-refractivity contribution in [2.45, 2.75) is 38.2 Å². The number of benzene rings is 2. The quantitative estimate of drug-likeness (QED) is 0.403. The van der Waals surface area contributed by atoms with E-state index in [-0.39, 0.29) is 49.7 Å². The number of nitrogens with one attached hydrogen (secondary N) is 2. The van der Waals surface area contributed by atoms with Crippen molar-refractivity contribution < 1.29 is 28.6 Å². The highest BCUT2D eigenvalue weighted by Gasteiger charge is 2.27. The van der Waals surface area contributed by atoms with Crippen LogP contribution < -0.4 is 10.6 Å². The lowest BCUT2D eigenvalue weighted by molar-refractivity contribution is -0.155. The zero-order valence-electron chi connectivity index (χ0n) is 20.2. The second-order valence-electron chi connectivity index (χ2n) is 8.87. The Morgan fingerprint density at radius 2 is 1.81 bits per heavy atom. The number of esters is 1. The summed E-state index contributed by atoms with van der Waals surface area (Å²) < 4.78 is 19.3. The van der Waals surface area contributed by atoms with E-state index in [2.05, 4.69) is 10.6 Å². The number of halogens is 1. The van der Waals surface area contributed by atoms with Crippen molar-refractivity contribution in [3.63, 3.8) is 0 Å². The first-order valence-corrected chi connectivity index (χ1v) is 12.3. The van der Waals surface area contributed by atoms with Gasteiger partial charge in [0.1, 0.15) is 11.9 Å². The number of hydrogen-bond donors (Lipinski definition) is 3. The fourth-order valence-corrected chi connectivity index (χ4v) is 4.13. The summed E-state index contributed by atoms with van der Waals surface area (Å²) in [7, 11) is 0. The molecule has 0 fully saturated rings. The number of rotatable bonds is 7. The zero-order valence-corrected chi connectivity index (χ0v) is 20.2. The fraction of sp³-hybridized carbons (Fsp3) is 0.393. The second-order valence-corrected chi connectivity index (χ2v) is 8.87. The Morgan fingerprint density at radius 3 is 2.53 bits per heavy atom. The maximum absolute atomic E-state index is 13.4. The summed E-state index contributed by atoms with van der Waals surface area (Å²) >= 11 is 0. The van der Waals surface area contributed by atoms with Crippen LogP contribution in [0.4, 0.5) is 4.39 Å². The Morgan fingerprint density at radius 1 is 1.06 bits per heavy atom. The third-order valence-electron chi connectivity index (χ3n) is 6.13. The Balaban J connectivity index is 1.80. The highest BCUT2D eigenvalue weighted by Crippen LogP contribution is 2.24. The van der Waals surface area contributed by atoms with Gasteiger partial charge in [-0.3, -0.25) is 14.4 Å². The lowest BCUT2D eigenvalue weighted by Gasteiger charge is -2.23. The van der Waals surface area contributed by atoms with Gasteiger partial charge in [-0.2, -0.15) is 0 Å². The van der Waals surface area contributed by atoms with Crippen molar-refractivity contribution in [1.29, 1.82) is 0 Å². The van der Waals surface area contributed by atoms with E-state index < -0.39 is 17.9 Å². The number of hydrogen-bond acceptors (Lipinski definition) is 5. The largest absolute Gasteiger partial charge is 0.455 e. The first-order chi connectivity index (χ1) is 17.5. The normalized spacial score (nSPS) is 22.2. The van der Waals surface area contributed by atoms with Crippen molar-refractivity contribution in [2.75, 3.05) is 19.7 Å². The minimum absolute atomic E-state index is 0.0147. The third kappa shape index (κ3) is 8.61. The molecule has 0 saturated heterocycles. The van der Waals surface area contributed by atoms with E-state index in [9.17, 15) is 18.8 Å². The summed E-state index contributed by atoms with van der Waals surface area (Å²) in [6, 6.07) is 15.3. The minimum Gasteiger partial charge on any atom is -0.455 e. The number of allylic oxidation sites excluding steroid dienone is 2. The van der Waals surface area contributed by atoms with Crippen LogP contribution in [0.5, 0.6) is 0 Å². The Labute approximate surface area is 210 Å². The molecule has 0 radical (unpaired) electrons. The van der Waals surface area contributed by atoms with Crippen LogP contribution in [0.1, 0.15) is 42.9 Å². The van der Waals surface area contributed by atoms with Crippen LogP contribution in [0.2, 0.25) is 0 Å². The maximum Gasteiger partial charge on any atom is 0.309 e. The van der Waals surface area contributed by atoms with E-state index in [1.807, 2.05) is 42.5 Å². The lowest BCUT2D eigenvalue weighted by atomic mass is 9.94. The van der Waals surface area contributed by atoms with Crippen molar-refractivity contribution in [1.82, 2.24) is 10.6 Å². The SMILES string of the molecule is O=C(C[C@@H]1C/C=C/CC[C@@H](Cc2ccc(F)cc2)C(=O)O[C@H](c2ccccc2)CNC1=O)NCCO. The molecular formula is C28H33FN2O5. The molecule has 36 heavy (non-hydrogen) atoms. The molecular weight excluding hydrogens is 463 g/mol. The highest BCUT2D eigenvalue weighted by atomic mass is 19.1. The van der Waals surface area contributed by atoms with Gasteiger partial charge in [0.2, 0.25) is 11.8 Å². The van der Waals surface area contributed by atoms with Crippen LogP contribution in [0.3, 0.4) is 0 Å². The minimum atomic E-state index is -0.698. The standard InChI is InChI=1S/C28H33FN2O5/c29-24-13-11-20(12-14-24)17-23-10-6-2-5-9-22(18-26(33)30-15-16-32)27(34)31-19-25(36-28(23)35)21-7-3-1-4-8-21/h1-5,7-8,11-14,22-23,25,32H,6,9-10,15-19H2,(H,30,33)(H,31,34)/b5-2+/t22-,23-,25-/m0/s1. The fourth-order valence-electron chi connectivity index (χ4n) is 4.13. The van der Waals surface area contributed by atoms with Gasteiger partial charge in [-0.05, 0) is 48.9 Å². The Bertz CT molecular complexity index is 1030. The average molecular weight is 497 g/mol. The van der Waals surface area contributed by atoms with Crippen molar-refractivity contribution in [2.24, 2.45) is 11.8 Å². The number of cyclic esters (lactones) is 1. The van der Waals surface area contributed by atoms with Crippen LogP contribution in [0.15, 0.2) is 66.7 Å². The molecule has 7 nitrogen and oxygen atoms in total.